The average molecular weight is 258 g/mol. The standard InChI is InChI=1S/C14H30N2S/c1-5-17-9-7-13(10-15)16-8-6-12(11-16)14(2,3)4/h12-13H,5-11,15H2,1-4H3. The molecule has 17 heavy (non-hydrogen) atoms. The van der Waals surface area contributed by atoms with Crippen molar-refractivity contribution in [2.45, 2.75) is 46.6 Å². The number of rotatable bonds is 6. The highest BCUT2D eigenvalue weighted by Gasteiger charge is 2.33. The molecule has 1 aliphatic heterocycles. The van der Waals surface area contributed by atoms with Crippen molar-refractivity contribution in [3.05, 3.63) is 0 Å². The third-order valence-electron chi connectivity index (χ3n) is 4.03. The minimum Gasteiger partial charge on any atom is -0.329 e. The fraction of sp³-hybridized carbons (Fsp3) is 1.00. The highest BCUT2D eigenvalue weighted by atomic mass is 32.2. The van der Waals surface area contributed by atoms with Crippen molar-refractivity contribution in [3.63, 3.8) is 0 Å². The van der Waals surface area contributed by atoms with Gasteiger partial charge in [-0.05, 0) is 42.2 Å². The quantitative estimate of drug-likeness (QED) is 0.743. The van der Waals surface area contributed by atoms with Crippen LogP contribution >= 0.6 is 11.8 Å². The van der Waals surface area contributed by atoms with E-state index in [0.717, 1.165) is 12.5 Å². The molecule has 2 N–H and O–H groups in total. The van der Waals surface area contributed by atoms with Gasteiger partial charge in [-0.2, -0.15) is 11.8 Å². The maximum Gasteiger partial charge on any atom is 0.0226 e. The summed E-state index contributed by atoms with van der Waals surface area (Å²) in [5, 5.41) is 0. The second-order valence-electron chi connectivity index (χ2n) is 6.22. The maximum atomic E-state index is 5.94. The first-order chi connectivity index (χ1) is 7.99. The molecule has 1 rings (SSSR count). The molecule has 0 aromatic heterocycles. The zero-order valence-electron chi connectivity index (χ0n) is 12.0. The van der Waals surface area contributed by atoms with E-state index in [9.17, 15) is 0 Å². The van der Waals surface area contributed by atoms with Gasteiger partial charge in [-0.1, -0.05) is 27.7 Å². The second-order valence-corrected chi connectivity index (χ2v) is 7.62. The first-order valence-electron chi connectivity index (χ1n) is 7.01. The molecule has 2 nitrogen and oxygen atoms in total. The highest BCUT2D eigenvalue weighted by Crippen LogP contribution is 2.34. The molecule has 0 spiro atoms. The molecule has 2 atom stereocenters. The Morgan fingerprint density at radius 3 is 2.59 bits per heavy atom. The Hall–Kier alpha value is 0.270. The Balaban J connectivity index is 2.39. The van der Waals surface area contributed by atoms with E-state index in [1.54, 1.807) is 0 Å². The van der Waals surface area contributed by atoms with Crippen LogP contribution in [0.2, 0.25) is 0 Å². The van der Waals surface area contributed by atoms with E-state index in [0.29, 0.717) is 11.5 Å². The molecule has 3 heteroatoms. The van der Waals surface area contributed by atoms with Gasteiger partial charge in [-0.3, -0.25) is 4.90 Å². The topological polar surface area (TPSA) is 29.3 Å². The normalized spacial score (nSPS) is 24.2. The molecule has 102 valence electrons. The molecule has 0 aromatic carbocycles. The summed E-state index contributed by atoms with van der Waals surface area (Å²) in [6.45, 7) is 12.7. The van der Waals surface area contributed by atoms with Crippen LogP contribution < -0.4 is 5.73 Å². The molecule has 0 aromatic rings. The van der Waals surface area contributed by atoms with Crippen molar-refractivity contribution in [3.8, 4) is 0 Å². The Labute approximate surface area is 112 Å². The van der Waals surface area contributed by atoms with Crippen LogP contribution in [-0.4, -0.2) is 42.1 Å². The SMILES string of the molecule is CCSCCC(CN)N1CCC(C(C)(C)C)C1. The summed E-state index contributed by atoms with van der Waals surface area (Å²) < 4.78 is 0. The second kappa shape index (κ2) is 7.01. The number of likely N-dealkylation sites (tertiary alicyclic amines) is 1. The molecule has 0 bridgehead atoms. The van der Waals surface area contributed by atoms with E-state index >= 15 is 0 Å². The van der Waals surface area contributed by atoms with Crippen LogP contribution in [0.1, 0.15) is 40.5 Å². The van der Waals surface area contributed by atoms with E-state index in [1.807, 2.05) is 11.8 Å². The van der Waals surface area contributed by atoms with Gasteiger partial charge in [-0.25, -0.2) is 0 Å². The summed E-state index contributed by atoms with van der Waals surface area (Å²) in [5.41, 5.74) is 6.39. The maximum absolute atomic E-state index is 5.94. The van der Waals surface area contributed by atoms with Gasteiger partial charge < -0.3 is 5.73 Å². The lowest BCUT2D eigenvalue weighted by Gasteiger charge is -2.30. The fourth-order valence-corrected chi connectivity index (χ4v) is 3.37. The Bertz CT molecular complexity index is 213. The molecule has 1 aliphatic rings. The summed E-state index contributed by atoms with van der Waals surface area (Å²) in [6.07, 6.45) is 2.60. The van der Waals surface area contributed by atoms with Gasteiger partial charge in [0.25, 0.3) is 0 Å². The van der Waals surface area contributed by atoms with Crippen molar-refractivity contribution >= 4 is 11.8 Å². The number of hydrogen-bond donors (Lipinski definition) is 1. The number of hydrogen-bond acceptors (Lipinski definition) is 3. The monoisotopic (exact) mass is 258 g/mol. The van der Waals surface area contributed by atoms with Crippen LogP contribution in [0.5, 0.6) is 0 Å². The van der Waals surface area contributed by atoms with Crippen molar-refractivity contribution in [2.24, 2.45) is 17.1 Å². The largest absolute Gasteiger partial charge is 0.329 e. The lowest BCUT2D eigenvalue weighted by atomic mass is 9.80. The van der Waals surface area contributed by atoms with Crippen LogP contribution in [0.3, 0.4) is 0 Å². The summed E-state index contributed by atoms with van der Waals surface area (Å²) >= 11 is 2.03. The van der Waals surface area contributed by atoms with Crippen molar-refractivity contribution in [1.29, 1.82) is 0 Å². The third kappa shape index (κ3) is 4.80. The molecule has 1 saturated heterocycles. The van der Waals surface area contributed by atoms with Gasteiger partial charge in [0.1, 0.15) is 0 Å². The molecule has 2 unspecified atom stereocenters. The van der Waals surface area contributed by atoms with Crippen LogP contribution in [0.15, 0.2) is 0 Å². The first kappa shape index (κ1) is 15.3. The van der Waals surface area contributed by atoms with Crippen LogP contribution in [0.4, 0.5) is 0 Å². The van der Waals surface area contributed by atoms with E-state index in [2.05, 4.69) is 32.6 Å². The molecule has 0 aliphatic carbocycles. The lowest BCUT2D eigenvalue weighted by Crippen LogP contribution is -2.40. The Kier molecular flexibility index (Phi) is 6.32. The molecule has 0 saturated carbocycles. The summed E-state index contributed by atoms with van der Waals surface area (Å²) in [7, 11) is 0. The minimum absolute atomic E-state index is 0.450. The molecule has 1 fully saturated rings. The Morgan fingerprint density at radius 2 is 2.12 bits per heavy atom. The van der Waals surface area contributed by atoms with Crippen LogP contribution in [0, 0.1) is 11.3 Å². The zero-order chi connectivity index (χ0) is 12.9. The van der Waals surface area contributed by atoms with Crippen molar-refractivity contribution in [1.82, 2.24) is 4.90 Å². The Morgan fingerprint density at radius 1 is 1.41 bits per heavy atom. The predicted molar refractivity (Wildman–Crippen MR) is 79.6 cm³/mol. The summed E-state index contributed by atoms with van der Waals surface area (Å²) in [5.74, 6) is 3.33. The van der Waals surface area contributed by atoms with E-state index in [1.165, 1.54) is 37.4 Å². The predicted octanol–water partition coefficient (Wildman–Crippen LogP) is 2.82. The van der Waals surface area contributed by atoms with E-state index in [-0.39, 0.29) is 0 Å². The summed E-state index contributed by atoms with van der Waals surface area (Å²) in [4.78, 5) is 2.63. The molecule has 0 radical (unpaired) electrons. The van der Waals surface area contributed by atoms with Gasteiger partial charge in [0.2, 0.25) is 0 Å². The smallest absolute Gasteiger partial charge is 0.0226 e. The first-order valence-corrected chi connectivity index (χ1v) is 8.16. The minimum atomic E-state index is 0.450. The van der Waals surface area contributed by atoms with E-state index < -0.39 is 0 Å². The molecular formula is C14H30N2S. The average Bonchev–Trinajstić information content (AvgIpc) is 2.73. The fourth-order valence-electron chi connectivity index (χ4n) is 2.64. The zero-order valence-corrected chi connectivity index (χ0v) is 12.9. The van der Waals surface area contributed by atoms with Crippen molar-refractivity contribution in [2.75, 3.05) is 31.1 Å². The number of nitrogens with two attached hydrogens (primary N) is 1. The molecule has 0 amide bonds. The number of thioether (sulfide) groups is 1. The van der Waals surface area contributed by atoms with Crippen LogP contribution in [-0.2, 0) is 0 Å². The van der Waals surface area contributed by atoms with Gasteiger partial charge in [0, 0.05) is 19.1 Å². The third-order valence-corrected chi connectivity index (χ3v) is 4.97. The molecular weight excluding hydrogens is 228 g/mol. The summed E-state index contributed by atoms with van der Waals surface area (Å²) in [6, 6.07) is 0.612. The number of nitrogens with zero attached hydrogens (tertiary/aromatic N) is 1. The van der Waals surface area contributed by atoms with Gasteiger partial charge in [0.15, 0.2) is 0 Å². The van der Waals surface area contributed by atoms with Gasteiger partial charge in [-0.15, -0.1) is 0 Å². The van der Waals surface area contributed by atoms with Gasteiger partial charge in [0.05, 0.1) is 0 Å². The van der Waals surface area contributed by atoms with E-state index in [4.69, 9.17) is 5.73 Å². The molecule has 1 heterocycles. The lowest BCUT2D eigenvalue weighted by molar-refractivity contribution is 0.194. The highest BCUT2D eigenvalue weighted by molar-refractivity contribution is 7.99. The van der Waals surface area contributed by atoms with Crippen LogP contribution in [0.25, 0.3) is 0 Å². The van der Waals surface area contributed by atoms with Gasteiger partial charge >= 0.3 is 0 Å². The van der Waals surface area contributed by atoms with Crippen molar-refractivity contribution < 1.29 is 0 Å².